The number of aliphatic hydroxyl groups excluding tert-OH is 1. The van der Waals surface area contributed by atoms with Crippen LogP contribution >= 0.6 is 0 Å². The van der Waals surface area contributed by atoms with E-state index in [2.05, 4.69) is 5.32 Å². The molecular formula is C14H27N2O3. The highest BCUT2D eigenvalue weighted by Gasteiger charge is 2.09. The van der Waals surface area contributed by atoms with Gasteiger partial charge in [-0.15, -0.1) is 0 Å². The number of hydrogen-bond donors (Lipinski definition) is 3. The molecule has 0 aliphatic rings. The van der Waals surface area contributed by atoms with Crippen molar-refractivity contribution in [1.29, 1.82) is 0 Å². The molecule has 0 aliphatic heterocycles. The predicted molar refractivity (Wildman–Crippen MR) is 75.3 cm³/mol. The zero-order valence-corrected chi connectivity index (χ0v) is 11.7. The molecule has 0 unspecified atom stereocenters. The maximum absolute atomic E-state index is 11.4. The van der Waals surface area contributed by atoms with Gasteiger partial charge in [0.1, 0.15) is 6.04 Å². The molecule has 0 aromatic heterocycles. The summed E-state index contributed by atoms with van der Waals surface area (Å²) in [6, 6.07) is -0.880. The Morgan fingerprint density at radius 1 is 1.05 bits per heavy atom. The number of unbranched alkanes of at least 4 members (excludes halogenated alkanes) is 7. The Kier molecular flexibility index (Phi) is 12.8. The molecule has 0 bridgehead atoms. The van der Waals surface area contributed by atoms with Crippen LogP contribution in [0.25, 0.3) is 0 Å². The van der Waals surface area contributed by atoms with E-state index in [9.17, 15) is 9.59 Å². The molecule has 0 rings (SSSR count). The van der Waals surface area contributed by atoms with Gasteiger partial charge in [-0.05, 0) is 19.4 Å². The lowest BCUT2D eigenvalue weighted by Gasteiger charge is -2.08. The van der Waals surface area contributed by atoms with Crippen LogP contribution in [0.1, 0.15) is 57.8 Å². The van der Waals surface area contributed by atoms with Crippen LogP contribution in [0.2, 0.25) is 0 Å². The average molecular weight is 271 g/mol. The molecular weight excluding hydrogens is 244 g/mol. The van der Waals surface area contributed by atoms with Crippen molar-refractivity contribution in [1.82, 2.24) is 5.32 Å². The number of nitrogens with one attached hydrogen (secondary N) is 1. The van der Waals surface area contributed by atoms with Gasteiger partial charge in [-0.1, -0.05) is 38.5 Å². The zero-order valence-electron chi connectivity index (χ0n) is 11.7. The van der Waals surface area contributed by atoms with Crippen molar-refractivity contribution in [2.75, 3.05) is 13.2 Å². The van der Waals surface area contributed by atoms with E-state index >= 15 is 0 Å². The highest BCUT2D eigenvalue weighted by atomic mass is 16.3. The molecule has 0 aromatic carbocycles. The van der Waals surface area contributed by atoms with Crippen molar-refractivity contribution in [3.8, 4) is 0 Å². The van der Waals surface area contributed by atoms with Gasteiger partial charge in [0.05, 0.1) is 6.61 Å². The van der Waals surface area contributed by atoms with Crippen LogP contribution in [0.4, 0.5) is 0 Å². The SMILES string of the molecule is NCCCCCCCCCCC(=O)N[C@H]([C]=O)CO. The highest BCUT2D eigenvalue weighted by Crippen LogP contribution is 2.09. The quantitative estimate of drug-likeness (QED) is 0.436. The van der Waals surface area contributed by atoms with Crippen LogP contribution in [-0.4, -0.2) is 36.5 Å². The largest absolute Gasteiger partial charge is 0.394 e. The van der Waals surface area contributed by atoms with Gasteiger partial charge in [0.25, 0.3) is 0 Å². The van der Waals surface area contributed by atoms with E-state index in [4.69, 9.17) is 10.8 Å². The van der Waals surface area contributed by atoms with E-state index in [-0.39, 0.29) is 5.91 Å². The number of carbonyl (C=O) groups excluding carboxylic acids is 2. The molecule has 0 aliphatic carbocycles. The second-order valence-corrected chi connectivity index (χ2v) is 4.79. The van der Waals surface area contributed by atoms with Crippen LogP contribution in [0.5, 0.6) is 0 Å². The van der Waals surface area contributed by atoms with E-state index in [0.717, 1.165) is 32.2 Å². The Morgan fingerprint density at radius 3 is 2.05 bits per heavy atom. The molecule has 5 nitrogen and oxygen atoms in total. The van der Waals surface area contributed by atoms with Crippen LogP contribution in [0.15, 0.2) is 0 Å². The molecule has 5 heteroatoms. The molecule has 111 valence electrons. The molecule has 0 heterocycles. The van der Waals surface area contributed by atoms with Gasteiger partial charge in [0.15, 0.2) is 0 Å². The molecule has 1 amide bonds. The summed E-state index contributed by atoms with van der Waals surface area (Å²) >= 11 is 0. The Bertz CT molecular complexity index is 235. The molecule has 0 saturated carbocycles. The smallest absolute Gasteiger partial charge is 0.225 e. The van der Waals surface area contributed by atoms with E-state index in [0.29, 0.717) is 6.42 Å². The van der Waals surface area contributed by atoms with Gasteiger partial charge in [-0.25, -0.2) is 0 Å². The minimum absolute atomic E-state index is 0.189. The molecule has 4 N–H and O–H groups in total. The highest BCUT2D eigenvalue weighted by molar-refractivity contribution is 5.79. The van der Waals surface area contributed by atoms with E-state index < -0.39 is 12.6 Å². The number of aliphatic hydroxyl groups is 1. The Balaban J connectivity index is 3.29. The minimum atomic E-state index is -0.880. The van der Waals surface area contributed by atoms with E-state index in [1.807, 2.05) is 0 Å². The monoisotopic (exact) mass is 271 g/mol. The van der Waals surface area contributed by atoms with Gasteiger partial charge in [-0.2, -0.15) is 0 Å². The number of rotatable bonds is 13. The summed E-state index contributed by atoms with van der Waals surface area (Å²) in [5.41, 5.74) is 5.41. The number of nitrogens with two attached hydrogens (primary N) is 1. The van der Waals surface area contributed by atoms with Crippen molar-refractivity contribution < 1.29 is 14.7 Å². The third-order valence-electron chi connectivity index (χ3n) is 3.02. The van der Waals surface area contributed by atoms with Crippen molar-refractivity contribution >= 4 is 12.2 Å². The molecule has 0 saturated heterocycles. The van der Waals surface area contributed by atoms with E-state index in [1.165, 1.54) is 25.7 Å². The first-order valence-corrected chi connectivity index (χ1v) is 7.22. The molecule has 19 heavy (non-hydrogen) atoms. The first-order valence-electron chi connectivity index (χ1n) is 7.22. The summed E-state index contributed by atoms with van der Waals surface area (Å²) in [5.74, 6) is -0.189. The summed E-state index contributed by atoms with van der Waals surface area (Å²) in [5, 5.41) is 11.1. The van der Waals surface area contributed by atoms with E-state index in [1.54, 1.807) is 6.29 Å². The second kappa shape index (κ2) is 13.5. The maximum atomic E-state index is 11.4. The van der Waals surface area contributed by atoms with Crippen molar-refractivity contribution in [3.05, 3.63) is 0 Å². The lowest BCUT2D eigenvalue weighted by Crippen LogP contribution is -2.38. The van der Waals surface area contributed by atoms with Crippen LogP contribution < -0.4 is 11.1 Å². The van der Waals surface area contributed by atoms with Gasteiger partial charge in [0.2, 0.25) is 12.2 Å². The third kappa shape index (κ3) is 11.9. The summed E-state index contributed by atoms with van der Waals surface area (Å²) in [7, 11) is 0. The van der Waals surface area contributed by atoms with Crippen molar-refractivity contribution in [2.45, 2.75) is 63.8 Å². The topological polar surface area (TPSA) is 92.4 Å². The molecule has 0 spiro atoms. The maximum Gasteiger partial charge on any atom is 0.225 e. The normalized spacial score (nSPS) is 12.1. The standard InChI is InChI=1S/C14H27N2O3/c15-10-8-6-4-2-1-3-5-7-9-14(19)16-13(11-17)12-18/h13,17H,1-11,15H2,(H,16,19)/t13-/m0/s1. The van der Waals surface area contributed by atoms with Gasteiger partial charge < -0.3 is 16.2 Å². The van der Waals surface area contributed by atoms with Gasteiger partial charge in [0, 0.05) is 6.42 Å². The first kappa shape index (κ1) is 18.1. The third-order valence-corrected chi connectivity index (χ3v) is 3.02. The fourth-order valence-electron chi connectivity index (χ4n) is 1.87. The Morgan fingerprint density at radius 2 is 1.58 bits per heavy atom. The van der Waals surface area contributed by atoms with Crippen molar-refractivity contribution in [3.63, 3.8) is 0 Å². The molecule has 1 radical (unpaired) electrons. The lowest BCUT2D eigenvalue weighted by atomic mass is 10.1. The summed E-state index contributed by atoms with van der Waals surface area (Å²) in [6.07, 6.45) is 11.0. The summed E-state index contributed by atoms with van der Waals surface area (Å²) in [6.45, 7) is 0.389. The molecule has 0 fully saturated rings. The fraction of sp³-hybridized carbons (Fsp3) is 0.857. The number of hydrogen-bond acceptors (Lipinski definition) is 4. The first-order chi connectivity index (χ1) is 9.24. The number of amides is 1. The van der Waals surface area contributed by atoms with Crippen LogP contribution in [-0.2, 0) is 9.59 Å². The summed E-state index contributed by atoms with van der Waals surface area (Å²) in [4.78, 5) is 21.7. The minimum Gasteiger partial charge on any atom is -0.394 e. The van der Waals surface area contributed by atoms with Crippen LogP contribution in [0, 0.1) is 0 Å². The second-order valence-electron chi connectivity index (χ2n) is 4.79. The fourth-order valence-corrected chi connectivity index (χ4v) is 1.87. The van der Waals surface area contributed by atoms with Gasteiger partial charge >= 0.3 is 0 Å². The molecule has 0 aromatic rings. The Hall–Kier alpha value is -0.940. The predicted octanol–water partition coefficient (Wildman–Crippen LogP) is 1.04. The van der Waals surface area contributed by atoms with Crippen LogP contribution in [0.3, 0.4) is 0 Å². The number of carbonyl (C=O) groups is 1. The van der Waals surface area contributed by atoms with Gasteiger partial charge in [-0.3, -0.25) is 9.59 Å². The van der Waals surface area contributed by atoms with Crippen molar-refractivity contribution in [2.24, 2.45) is 5.73 Å². The average Bonchev–Trinajstić information content (AvgIpc) is 2.43. The molecule has 1 atom stereocenters. The zero-order chi connectivity index (χ0) is 14.3. The summed E-state index contributed by atoms with van der Waals surface area (Å²) < 4.78 is 0. The lowest BCUT2D eigenvalue weighted by molar-refractivity contribution is -0.121. The Labute approximate surface area is 115 Å².